The highest BCUT2D eigenvalue weighted by Crippen LogP contribution is 2.30. The van der Waals surface area contributed by atoms with E-state index in [9.17, 15) is 9.90 Å². The molecule has 0 spiro atoms. The van der Waals surface area contributed by atoms with E-state index in [-0.39, 0.29) is 18.6 Å². The lowest BCUT2D eigenvalue weighted by molar-refractivity contribution is 0.0270. The Balaban J connectivity index is 2.03. The number of aryl methyl sites for hydroxylation is 1. The smallest absolute Gasteiger partial charge is 0.410 e. The Bertz CT molecular complexity index is 483. The highest BCUT2D eigenvalue weighted by atomic mass is 32.1. The van der Waals surface area contributed by atoms with E-state index < -0.39 is 11.7 Å². The maximum absolute atomic E-state index is 12.0. The van der Waals surface area contributed by atoms with Crippen LogP contribution in [-0.2, 0) is 11.2 Å². The third kappa shape index (κ3) is 3.46. The van der Waals surface area contributed by atoms with Gasteiger partial charge in [-0.1, -0.05) is 6.92 Å². The van der Waals surface area contributed by atoms with E-state index in [1.807, 2.05) is 27.7 Å². The Labute approximate surface area is 122 Å². The summed E-state index contributed by atoms with van der Waals surface area (Å²) in [5.74, 6) is -0.166. The van der Waals surface area contributed by atoms with Gasteiger partial charge in [0.1, 0.15) is 15.6 Å². The number of β-amino-alcohol motifs (C(OH)–C–C–N with tert-alkyl or cyclic N) is 1. The number of nitrogens with zero attached hydrogens (tertiary/aromatic N) is 3. The van der Waals surface area contributed by atoms with Gasteiger partial charge in [-0.3, -0.25) is 0 Å². The highest BCUT2D eigenvalue weighted by molar-refractivity contribution is 7.11. The molecular formula is C13H21N3O3S. The molecule has 1 aromatic heterocycles. The molecular weight excluding hydrogens is 278 g/mol. The van der Waals surface area contributed by atoms with Gasteiger partial charge in [-0.25, -0.2) is 4.79 Å². The maximum Gasteiger partial charge on any atom is 0.410 e. The molecule has 1 N–H and O–H groups in total. The summed E-state index contributed by atoms with van der Waals surface area (Å²) in [6.45, 7) is 8.20. The number of aliphatic hydroxyl groups is 1. The van der Waals surface area contributed by atoms with E-state index in [1.54, 1.807) is 0 Å². The number of aromatic nitrogens is 2. The number of carbonyl (C=O) groups is 1. The lowest BCUT2D eigenvalue weighted by Crippen LogP contribution is -2.35. The standard InChI is InChI=1S/C13H21N3O3S/c1-5-10-14-15-11(20-10)8-6-16(7-9(8)17)12(18)19-13(2,3)4/h8-9,17H,5-7H2,1-4H3. The Morgan fingerprint density at radius 1 is 1.45 bits per heavy atom. The topological polar surface area (TPSA) is 75.6 Å². The van der Waals surface area contributed by atoms with Crippen LogP contribution in [0.1, 0.15) is 43.6 Å². The van der Waals surface area contributed by atoms with Crippen LogP contribution in [-0.4, -0.2) is 51.1 Å². The first kappa shape index (κ1) is 15.2. The SMILES string of the molecule is CCc1nnc(C2CN(C(=O)OC(C)(C)C)CC2O)s1. The lowest BCUT2D eigenvalue weighted by atomic mass is 10.1. The number of carbonyl (C=O) groups excluding carboxylic acids is 1. The number of likely N-dealkylation sites (tertiary alicyclic amines) is 1. The average molecular weight is 299 g/mol. The van der Waals surface area contributed by atoms with Crippen molar-refractivity contribution in [3.63, 3.8) is 0 Å². The van der Waals surface area contributed by atoms with Gasteiger partial charge in [-0.2, -0.15) is 0 Å². The summed E-state index contributed by atoms with van der Waals surface area (Å²) >= 11 is 1.50. The Morgan fingerprint density at radius 3 is 2.70 bits per heavy atom. The van der Waals surface area contributed by atoms with Crippen LogP contribution in [0.2, 0.25) is 0 Å². The van der Waals surface area contributed by atoms with Crippen LogP contribution in [0, 0.1) is 0 Å². The fraction of sp³-hybridized carbons (Fsp3) is 0.769. The molecule has 1 saturated heterocycles. The van der Waals surface area contributed by atoms with Crippen LogP contribution >= 0.6 is 11.3 Å². The summed E-state index contributed by atoms with van der Waals surface area (Å²) in [5.41, 5.74) is -0.530. The number of aliphatic hydroxyl groups excluding tert-OH is 1. The summed E-state index contributed by atoms with van der Waals surface area (Å²) in [7, 11) is 0. The van der Waals surface area contributed by atoms with Gasteiger partial charge in [0, 0.05) is 6.54 Å². The quantitative estimate of drug-likeness (QED) is 0.901. The summed E-state index contributed by atoms with van der Waals surface area (Å²) in [5, 5.41) is 20.1. The van der Waals surface area contributed by atoms with Crippen molar-refractivity contribution in [2.75, 3.05) is 13.1 Å². The molecule has 20 heavy (non-hydrogen) atoms. The van der Waals surface area contributed by atoms with Crippen molar-refractivity contribution in [1.82, 2.24) is 15.1 Å². The zero-order chi connectivity index (χ0) is 14.9. The van der Waals surface area contributed by atoms with E-state index in [4.69, 9.17) is 4.74 Å². The predicted octanol–water partition coefficient (Wildman–Crippen LogP) is 1.80. The fourth-order valence-corrected chi connectivity index (χ4v) is 3.00. The molecule has 0 bridgehead atoms. The van der Waals surface area contributed by atoms with E-state index in [2.05, 4.69) is 10.2 Å². The van der Waals surface area contributed by atoms with Crippen LogP contribution in [0.15, 0.2) is 0 Å². The van der Waals surface area contributed by atoms with Gasteiger partial charge in [-0.05, 0) is 27.2 Å². The molecule has 7 heteroatoms. The predicted molar refractivity (Wildman–Crippen MR) is 75.8 cm³/mol. The molecule has 112 valence electrons. The second-order valence-corrected chi connectivity index (χ2v) is 7.04. The second-order valence-electron chi connectivity index (χ2n) is 5.95. The van der Waals surface area contributed by atoms with Crippen molar-refractivity contribution in [3.05, 3.63) is 10.0 Å². The van der Waals surface area contributed by atoms with Gasteiger partial charge in [-0.15, -0.1) is 21.5 Å². The van der Waals surface area contributed by atoms with Gasteiger partial charge < -0.3 is 14.7 Å². The Hall–Kier alpha value is -1.21. The zero-order valence-electron chi connectivity index (χ0n) is 12.3. The number of ether oxygens (including phenoxy) is 1. The summed E-state index contributed by atoms with van der Waals surface area (Å²) in [6.07, 6.45) is -0.171. The van der Waals surface area contributed by atoms with Gasteiger partial charge in [0.05, 0.1) is 18.6 Å². The van der Waals surface area contributed by atoms with E-state index >= 15 is 0 Å². The first-order valence-corrected chi connectivity index (χ1v) is 7.60. The molecule has 1 aromatic rings. The molecule has 2 unspecified atom stereocenters. The number of hydrogen-bond acceptors (Lipinski definition) is 6. The largest absolute Gasteiger partial charge is 0.444 e. The normalized spacial score (nSPS) is 23.1. The monoisotopic (exact) mass is 299 g/mol. The molecule has 2 rings (SSSR count). The molecule has 1 aliphatic rings. The molecule has 6 nitrogen and oxygen atoms in total. The molecule has 1 fully saturated rings. The Morgan fingerprint density at radius 2 is 2.15 bits per heavy atom. The lowest BCUT2D eigenvalue weighted by Gasteiger charge is -2.24. The Kier molecular flexibility index (Phi) is 4.29. The van der Waals surface area contributed by atoms with Crippen molar-refractivity contribution < 1.29 is 14.6 Å². The minimum Gasteiger partial charge on any atom is -0.444 e. The molecule has 0 aromatic carbocycles. The molecule has 0 saturated carbocycles. The van der Waals surface area contributed by atoms with E-state index in [0.717, 1.165) is 16.4 Å². The van der Waals surface area contributed by atoms with Gasteiger partial charge in [0.15, 0.2) is 0 Å². The highest BCUT2D eigenvalue weighted by Gasteiger charge is 2.38. The maximum atomic E-state index is 12.0. The molecule has 2 heterocycles. The minimum atomic E-state index is -0.611. The minimum absolute atomic E-state index is 0.166. The van der Waals surface area contributed by atoms with E-state index in [1.165, 1.54) is 16.2 Å². The van der Waals surface area contributed by atoms with Crippen molar-refractivity contribution >= 4 is 17.4 Å². The summed E-state index contributed by atoms with van der Waals surface area (Å²) < 4.78 is 5.32. The molecule has 2 atom stereocenters. The molecule has 0 aliphatic carbocycles. The fourth-order valence-electron chi connectivity index (χ4n) is 2.06. The number of hydrogen-bond donors (Lipinski definition) is 1. The number of rotatable bonds is 2. The van der Waals surface area contributed by atoms with Gasteiger partial charge in [0.25, 0.3) is 0 Å². The summed E-state index contributed by atoms with van der Waals surface area (Å²) in [6, 6.07) is 0. The van der Waals surface area contributed by atoms with Crippen molar-refractivity contribution in [2.24, 2.45) is 0 Å². The van der Waals surface area contributed by atoms with Crippen molar-refractivity contribution in [2.45, 2.75) is 51.7 Å². The van der Waals surface area contributed by atoms with Crippen LogP contribution in [0.25, 0.3) is 0 Å². The van der Waals surface area contributed by atoms with Crippen LogP contribution in [0.3, 0.4) is 0 Å². The third-order valence-corrected chi connectivity index (χ3v) is 4.24. The molecule has 1 aliphatic heterocycles. The van der Waals surface area contributed by atoms with Crippen molar-refractivity contribution in [3.8, 4) is 0 Å². The summed E-state index contributed by atoms with van der Waals surface area (Å²) in [4.78, 5) is 13.5. The first-order chi connectivity index (χ1) is 9.30. The average Bonchev–Trinajstić information content (AvgIpc) is 2.92. The third-order valence-electron chi connectivity index (χ3n) is 3.04. The first-order valence-electron chi connectivity index (χ1n) is 6.78. The molecule has 1 amide bonds. The molecule has 0 radical (unpaired) electrons. The van der Waals surface area contributed by atoms with Gasteiger partial charge in [0.2, 0.25) is 0 Å². The van der Waals surface area contributed by atoms with E-state index in [0.29, 0.717) is 6.54 Å². The zero-order valence-corrected chi connectivity index (χ0v) is 13.1. The van der Waals surface area contributed by atoms with Crippen molar-refractivity contribution in [1.29, 1.82) is 0 Å². The van der Waals surface area contributed by atoms with Gasteiger partial charge >= 0.3 is 6.09 Å². The van der Waals surface area contributed by atoms with Crippen LogP contribution in [0.5, 0.6) is 0 Å². The number of amides is 1. The second kappa shape index (κ2) is 5.65. The van der Waals surface area contributed by atoms with Crippen LogP contribution < -0.4 is 0 Å². The van der Waals surface area contributed by atoms with Crippen LogP contribution in [0.4, 0.5) is 4.79 Å².